The Morgan fingerprint density at radius 2 is 1.20 bits per heavy atom. The van der Waals surface area contributed by atoms with Crippen molar-refractivity contribution in [2.24, 2.45) is 0 Å². The summed E-state index contributed by atoms with van der Waals surface area (Å²) < 4.78 is 25.2. The van der Waals surface area contributed by atoms with Gasteiger partial charge >= 0.3 is 0 Å². The number of hydrogen-bond donors (Lipinski definition) is 0. The van der Waals surface area contributed by atoms with Crippen LogP contribution in [0.1, 0.15) is 118 Å². The molecule has 0 unspecified atom stereocenters. The zero-order valence-electron chi connectivity index (χ0n) is 22.8. The fraction of sp³-hybridized carbons (Fsp3) is 0.500. The summed E-state index contributed by atoms with van der Waals surface area (Å²) in [6, 6.07) is 11.1. The topological polar surface area (TPSA) is 38.7 Å². The molecule has 3 aromatic rings. The van der Waals surface area contributed by atoms with Gasteiger partial charge in [-0.15, -0.1) is 0 Å². The lowest BCUT2D eigenvalue weighted by Gasteiger charge is -2.08. The van der Waals surface area contributed by atoms with E-state index in [2.05, 4.69) is 61.7 Å². The Kier molecular flexibility index (Phi) is 10.5. The SMILES string of the molecule is Cc1cc(C(C)C)cc(C2CC2)n1.Cc1cc(C(C)C)cc(F)n1.Cc1nc(F)ccc1C(C)C. The summed E-state index contributed by atoms with van der Waals surface area (Å²) in [7, 11) is 0. The van der Waals surface area contributed by atoms with Crippen LogP contribution in [0.15, 0.2) is 36.4 Å². The summed E-state index contributed by atoms with van der Waals surface area (Å²) in [6.45, 7) is 18.4. The third kappa shape index (κ3) is 9.46. The number of nitrogens with zero attached hydrogens (tertiary/aromatic N) is 3. The Morgan fingerprint density at radius 3 is 1.66 bits per heavy atom. The number of aromatic nitrogens is 3. The van der Waals surface area contributed by atoms with Gasteiger partial charge in [-0.05, 0) is 98.4 Å². The van der Waals surface area contributed by atoms with Crippen molar-refractivity contribution in [1.29, 1.82) is 0 Å². The van der Waals surface area contributed by atoms with Gasteiger partial charge in [-0.25, -0.2) is 9.97 Å². The van der Waals surface area contributed by atoms with Crippen molar-refractivity contribution in [3.05, 3.63) is 87.8 Å². The first-order chi connectivity index (χ1) is 16.4. The van der Waals surface area contributed by atoms with E-state index in [4.69, 9.17) is 0 Å². The summed E-state index contributed by atoms with van der Waals surface area (Å²) >= 11 is 0. The first-order valence-electron chi connectivity index (χ1n) is 12.6. The van der Waals surface area contributed by atoms with Crippen molar-refractivity contribution >= 4 is 0 Å². The molecule has 0 atom stereocenters. The molecule has 3 aromatic heterocycles. The second-order valence-corrected chi connectivity index (χ2v) is 10.4. The fourth-order valence-electron chi connectivity index (χ4n) is 3.78. The van der Waals surface area contributed by atoms with E-state index < -0.39 is 5.95 Å². The molecule has 1 fully saturated rings. The molecule has 0 bridgehead atoms. The lowest BCUT2D eigenvalue weighted by molar-refractivity contribution is 0.575. The minimum absolute atomic E-state index is 0.367. The molecule has 3 nitrogen and oxygen atoms in total. The molecule has 0 radical (unpaired) electrons. The highest BCUT2D eigenvalue weighted by atomic mass is 19.1. The largest absolute Gasteiger partial charge is 0.258 e. The van der Waals surface area contributed by atoms with E-state index in [1.54, 1.807) is 13.0 Å². The number of rotatable bonds is 4. The summed E-state index contributed by atoms with van der Waals surface area (Å²) in [5.74, 6) is 1.41. The van der Waals surface area contributed by atoms with Gasteiger partial charge in [0, 0.05) is 28.7 Å². The number of hydrogen-bond acceptors (Lipinski definition) is 3. The lowest BCUT2D eigenvalue weighted by atomic mass is 10.0. The predicted octanol–water partition coefficient (Wildman–Crippen LogP) is 8.70. The maximum absolute atomic E-state index is 12.7. The van der Waals surface area contributed by atoms with Gasteiger partial charge in [0.15, 0.2) is 0 Å². The average molecular weight is 482 g/mol. The molecule has 1 aliphatic carbocycles. The van der Waals surface area contributed by atoms with Gasteiger partial charge in [-0.3, -0.25) is 4.98 Å². The van der Waals surface area contributed by atoms with Gasteiger partial charge in [0.25, 0.3) is 0 Å². The number of pyridine rings is 3. The van der Waals surface area contributed by atoms with Crippen LogP contribution >= 0.6 is 0 Å². The molecule has 0 aliphatic heterocycles. The predicted molar refractivity (Wildman–Crippen MR) is 141 cm³/mol. The molecule has 1 aliphatic rings. The van der Waals surface area contributed by atoms with Gasteiger partial charge in [-0.1, -0.05) is 47.6 Å². The molecule has 0 spiro atoms. The average Bonchev–Trinajstić information content (AvgIpc) is 3.58. The van der Waals surface area contributed by atoms with Gasteiger partial charge in [0.1, 0.15) is 0 Å². The van der Waals surface area contributed by atoms with Crippen LogP contribution in [0, 0.1) is 32.7 Å². The Balaban J connectivity index is 0.000000186. The van der Waals surface area contributed by atoms with Crippen molar-refractivity contribution in [3.63, 3.8) is 0 Å². The molecule has 0 amide bonds. The Morgan fingerprint density at radius 1 is 0.657 bits per heavy atom. The van der Waals surface area contributed by atoms with E-state index in [1.807, 2.05) is 26.8 Å². The monoisotopic (exact) mass is 481 g/mol. The molecule has 0 N–H and O–H groups in total. The molecule has 4 rings (SSSR count). The lowest BCUT2D eigenvalue weighted by Crippen LogP contribution is -1.96. The molecule has 0 saturated heterocycles. The van der Waals surface area contributed by atoms with Crippen LogP contribution in [-0.2, 0) is 0 Å². The van der Waals surface area contributed by atoms with Crippen LogP contribution in [0.3, 0.4) is 0 Å². The standard InChI is InChI=1S/C12H17N.2C9H12FN/c1-8(2)11-6-9(3)13-12(7-11)10-4-5-10;1-6(2)8-4-7(3)11-9(10)5-8;1-6(2)8-4-5-9(10)11-7(8)3/h6-8,10H,4-5H2,1-3H3;2*4-6H,1-3H3. The van der Waals surface area contributed by atoms with Crippen LogP contribution < -0.4 is 0 Å². The third-order valence-electron chi connectivity index (χ3n) is 5.98. The van der Waals surface area contributed by atoms with Crippen LogP contribution in [0.2, 0.25) is 0 Å². The zero-order chi connectivity index (χ0) is 26.3. The normalized spacial score (nSPS) is 12.9. The summed E-state index contributed by atoms with van der Waals surface area (Å²) in [5, 5.41) is 0. The molecule has 190 valence electrons. The molecule has 5 heteroatoms. The molecule has 0 aromatic carbocycles. The summed E-state index contributed by atoms with van der Waals surface area (Å²) in [5.41, 5.74) is 7.60. The first-order valence-corrected chi connectivity index (χ1v) is 12.6. The molecular formula is C30H41F2N3. The van der Waals surface area contributed by atoms with Crippen molar-refractivity contribution in [2.45, 2.75) is 98.8 Å². The number of aryl methyl sites for hydroxylation is 3. The van der Waals surface area contributed by atoms with Crippen LogP contribution in [0.25, 0.3) is 0 Å². The molecule has 3 heterocycles. The summed E-state index contributed by atoms with van der Waals surface area (Å²) in [4.78, 5) is 12.0. The first kappa shape index (κ1) is 28.5. The van der Waals surface area contributed by atoms with Gasteiger partial charge in [0.05, 0.1) is 0 Å². The highest BCUT2D eigenvalue weighted by molar-refractivity contribution is 5.27. The Hall–Kier alpha value is -2.69. The quantitative estimate of drug-likeness (QED) is 0.350. The van der Waals surface area contributed by atoms with Crippen molar-refractivity contribution < 1.29 is 8.78 Å². The van der Waals surface area contributed by atoms with Crippen molar-refractivity contribution in [1.82, 2.24) is 15.0 Å². The third-order valence-corrected chi connectivity index (χ3v) is 5.98. The Labute approximate surface area is 210 Å². The van der Waals surface area contributed by atoms with Crippen molar-refractivity contribution in [3.8, 4) is 0 Å². The van der Waals surface area contributed by atoms with E-state index >= 15 is 0 Å². The van der Waals surface area contributed by atoms with Crippen LogP contribution in [0.4, 0.5) is 8.78 Å². The van der Waals surface area contributed by atoms with Gasteiger partial charge in [0.2, 0.25) is 11.9 Å². The highest BCUT2D eigenvalue weighted by Gasteiger charge is 2.25. The maximum atomic E-state index is 12.7. The maximum Gasteiger partial charge on any atom is 0.213 e. The fourth-order valence-corrected chi connectivity index (χ4v) is 3.78. The second kappa shape index (κ2) is 12.9. The smallest absolute Gasteiger partial charge is 0.213 e. The second-order valence-electron chi connectivity index (χ2n) is 10.4. The van der Waals surface area contributed by atoms with Crippen LogP contribution in [-0.4, -0.2) is 15.0 Å². The summed E-state index contributed by atoms with van der Waals surface area (Å²) in [6.07, 6.45) is 2.68. The van der Waals surface area contributed by atoms with Crippen molar-refractivity contribution in [2.75, 3.05) is 0 Å². The number of halogens is 2. The van der Waals surface area contributed by atoms with E-state index in [0.717, 1.165) is 28.4 Å². The highest BCUT2D eigenvalue weighted by Crippen LogP contribution is 2.39. The van der Waals surface area contributed by atoms with Gasteiger partial charge < -0.3 is 0 Å². The molecular weight excluding hydrogens is 440 g/mol. The Bertz CT molecular complexity index is 1060. The van der Waals surface area contributed by atoms with E-state index in [-0.39, 0.29) is 5.95 Å². The zero-order valence-corrected chi connectivity index (χ0v) is 22.8. The minimum Gasteiger partial charge on any atom is -0.258 e. The molecule has 1 saturated carbocycles. The van der Waals surface area contributed by atoms with Gasteiger partial charge in [-0.2, -0.15) is 8.78 Å². The van der Waals surface area contributed by atoms with E-state index in [9.17, 15) is 8.78 Å². The van der Waals surface area contributed by atoms with E-state index in [0.29, 0.717) is 17.8 Å². The van der Waals surface area contributed by atoms with Crippen LogP contribution in [0.5, 0.6) is 0 Å². The van der Waals surface area contributed by atoms with E-state index in [1.165, 1.54) is 41.9 Å². The minimum atomic E-state index is -0.396. The molecule has 35 heavy (non-hydrogen) atoms.